The van der Waals surface area contributed by atoms with Crippen molar-refractivity contribution in [3.8, 4) is 0 Å². The number of hydrogen-bond donors (Lipinski definition) is 3. The lowest BCUT2D eigenvalue weighted by Gasteiger charge is -2.30. The summed E-state index contributed by atoms with van der Waals surface area (Å²) in [7, 11) is 0. The smallest absolute Gasteiger partial charge is 0.224 e. The molecular formula is C14H26N2O2. The largest absolute Gasteiger partial charge is 0.396 e. The summed E-state index contributed by atoms with van der Waals surface area (Å²) in [5.74, 6) is 1.17. The average Bonchev–Trinajstić information content (AvgIpc) is 2.82. The van der Waals surface area contributed by atoms with Crippen LogP contribution in [0.15, 0.2) is 0 Å². The Balaban J connectivity index is 1.77. The molecule has 4 atom stereocenters. The molecule has 0 radical (unpaired) electrons. The van der Waals surface area contributed by atoms with E-state index in [1.54, 1.807) is 0 Å². The van der Waals surface area contributed by atoms with E-state index >= 15 is 0 Å². The summed E-state index contributed by atoms with van der Waals surface area (Å²) in [6, 6.07) is 0.296. The Morgan fingerprint density at radius 3 is 2.61 bits per heavy atom. The molecule has 18 heavy (non-hydrogen) atoms. The van der Waals surface area contributed by atoms with Crippen molar-refractivity contribution < 1.29 is 9.90 Å². The van der Waals surface area contributed by atoms with Gasteiger partial charge in [-0.05, 0) is 44.6 Å². The first-order chi connectivity index (χ1) is 8.72. The minimum Gasteiger partial charge on any atom is -0.396 e. The molecule has 1 aliphatic heterocycles. The molecule has 4 nitrogen and oxygen atoms in total. The Morgan fingerprint density at radius 2 is 2.00 bits per heavy atom. The highest BCUT2D eigenvalue weighted by Gasteiger charge is 2.30. The van der Waals surface area contributed by atoms with E-state index in [0.717, 1.165) is 32.4 Å². The Morgan fingerprint density at radius 1 is 1.28 bits per heavy atom. The van der Waals surface area contributed by atoms with Crippen molar-refractivity contribution >= 4 is 5.91 Å². The summed E-state index contributed by atoms with van der Waals surface area (Å²) in [4.78, 5) is 12.1. The van der Waals surface area contributed by atoms with Crippen LogP contribution in [-0.2, 0) is 4.79 Å². The molecule has 3 N–H and O–H groups in total. The Hall–Kier alpha value is -0.610. The summed E-state index contributed by atoms with van der Waals surface area (Å²) < 4.78 is 0. The van der Waals surface area contributed by atoms with Crippen LogP contribution in [0.4, 0.5) is 0 Å². The number of carbonyl (C=O) groups is 1. The van der Waals surface area contributed by atoms with Gasteiger partial charge in [0.05, 0.1) is 5.92 Å². The lowest BCUT2D eigenvalue weighted by atomic mass is 9.79. The van der Waals surface area contributed by atoms with Gasteiger partial charge in [0, 0.05) is 19.2 Å². The maximum Gasteiger partial charge on any atom is 0.224 e. The summed E-state index contributed by atoms with van der Waals surface area (Å²) in [5, 5.41) is 15.8. The quantitative estimate of drug-likeness (QED) is 0.698. The number of rotatable bonds is 4. The molecule has 104 valence electrons. The van der Waals surface area contributed by atoms with Gasteiger partial charge in [0.2, 0.25) is 5.91 Å². The minimum absolute atomic E-state index is 0.126. The van der Waals surface area contributed by atoms with Crippen LogP contribution >= 0.6 is 0 Å². The second-order valence-electron chi connectivity index (χ2n) is 5.87. The van der Waals surface area contributed by atoms with E-state index in [1.807, 2.05) is 0 Å². The molecule has 0 aromatic heterocycles. The fourth-order valence-corrected chi connectivity index (χ4v) is 3.37. The number of nitrogens with one attached hydrogen (secondary N) is 2. The summed E-state index contributed by atoms with van der Waals surface area (Å²) in [5.41, 5.74) is 0. The summed E-state index contributed by atoms with van der Waals surface area (Å²) >= 11 is 0. The molecule has 0 spiro atoms. The minimum atomic E-state index is 0.126. The highest BCUT2D eigenvalue weighted by atomic mass is 16.3. The zero-order valence-corrected chi connectivity index (χ0v) is 11.3. The third-order valence-corrected chi connectivity index (χ3v) is 4.70. The van der Waals surface area contributed by atoms with E-state index < -0.39 is 0 Å². The zero-order chi connectivity index (χ0) is 13.0. The van der Waals surface area contributed by atoms with E-state index in [4.69, 9.17) is 0 Å². The predicted molar refractivity (Wildman–Crippen MR) is 71.1 cm³/mol. The fraction of sp³-hybridized carbons (Fsp3) is 0.929. The van der Waals surface area contributed by atoms with Crippen molar-refractivity contribution in [2.45, 2.75) is 45.1 Å². The van der Waals surface area contributed by atoms with Crippen LogP contribution in [0.25, 0.3) is 0 Å². The van der Waals surface area contributed by atoms with E-state index in [1.165, 1.54) is 12.8 Å². The molecule has 1 heterocycles. The molecule has 1 saturated heterocycles. The first kappa shape index (κ1) is 13.8. The number of carbonyl (C=O) groups excluding carboxylic acids is 1. The van der Waals surface area contributed by atoms with Crippen LogP contribution in [0.3, 0.4) is 0 Å². The topological polar surface area (TPSA) is 61.4 Å². The summed E-state index contributed by atoms with van der Waals surface area (Å²) in [6.07, 6.45) is 5.65. The number of aliphatic hydroxyl groups excluding tert-OH is 1. The normalized spacial score (nSPS) is 36.6. The molecule has 0 aromatic rings. The molecule has 0 bridgehead atoms. The van der Waals surface area contributed by atoms with Crippen molar-refractivity contribution in [2.24, 2.45) is 17.8 Å². The molecule has 2 rings (SSSR count). The molecular weight excluding hydrogens is 228 g/mol. The lowest BCUT2D eigenvalue weighted by Crippen LogP contribution is -2.41. The zero-order valence-electron chi connectivity index (χ0n) is 11.3. The average molecular weight is 254 g/mol. The number of hydrogen-bond acceptors (Lipinski definition) is 3. The van der Waals surface area contributed by atoms with Crippen LogP contribution in [0.2, 0.25) is 0 Å². The monoisotopic (exact) mass is 254 g/mol. The van der Waals surface area contributed by atoms with E-state index in [-0.39, 0.29) is 18.4 Å². The molecule has 2 aliphatic rings. The maximum absolute atomic E-state index is 12.1. The highest BCUT2D eigenvalue weighted by Crippen LogP contribution is 2.29. The third kappa shape index (κ3) is 3.23. The predicted octanol–water partition coefficient (Wildman–Crippen LogP) is 0.899. The Labute approximate surface area is 110 Å². The van der Waals surface area contributed by atoms with E-state index in [0.29, 0.717) is 17.9 Å². The van der Waals surface area contributed by atoms with Gasteiger partial charge in [0.1, 0.15) is 0 Å². The van der Waals surface area contributed by atoms with Crippen molar-refractivity contribution in [3.63, 3.8) is 0 Å². The van der Waals surface area contributed by atoms with E-state index in [9.17, 15) is 9.90 Å². The fourth-order valence-electron chi connectivity index (χ4n) is 3.37. The van der Waals surface area contributed by atoms with Crippen LogP contribution in [-0.4, -0.2) is 36.8 Å². The Bertz CT molecular complexity index is 283. The van der Waals surface area contributed by atoms with Gasteiger partial charge in [0.15, 0.2) is 0 Å². The Kier molecular flexibility index (Phi) is 5.01. The van der Waals surface area contributed by atoms with E-state index in [2.05, 4.69) is 17.6 Å². The second-order valence-corrected chi connectivity index (χ2v) is 5.87. The molecule has 2 fully saturated rings. The third-order valence-electron chi connectivity index (χ3n) is 4.70. The van der Waals surface area contributed by atoms with Gasteiger partial charge in [-0.1, -0.05) is 12.8 Å². The standard InChI is InChI=1S/C14H26N2O2/c1-10-13(6-7-15-10)14(18)16-8-11-4-2-3-5-12(11)9-17/h10-13,15,17H,2-9H2,1H3,(H,16,18). The first-order valence-electron chi connectivity index (χ1n) is 7.34. The van der Waals surface area contributed by atoms with Crippen LogP contribution in [0.1, 0.15) is 39.0 Å². The van der Waals surface area contributed by atoms with Crippen molar-refractivity contribution in [1.82, 2.24) is 10.6 Å². The van der Waals surface area contributed by atoms with Gasteiger partial charge in [-0.2, -0.15) is 0 Å². The van der Waals surface area contributed by atoms with Crippen molar-refractivity contribution in [2.75, 3.05) is 19.7 Å². The van der Waals surface area contributed by atoms with Gasteiger partial charge in [-0.15, -0.1) is 0 Å². The lowest BCUT2D eigenvalue weighted by molar-refractivity contribution is -0.125. The second kappa shape index (κ2) is 6.53. The van der Waals surface area contributed by atoms with Gasteiger partial charge < -0.3 is 15.7 Å². The SMILES string of the molecule is CC1NCCC1C(=O)NCC1CCCCC1CO. The molecule has 1 aliphatic carbocycles. The molecule has 4 unspecified atom stereocenters. The van der Waals surface area contributed by atoms with Crippen LogP contribution in [0, 0.1) is 17.8 Å². The molecule has 1 saturated carbocycles. The number of amides is 1. The van der Waals surface area contributed by atoms with Crippen molar-refractivity contribution in [3.05, 3.63) is 0 Å². The molecule has 0 aromatic carbocycles. The summed E-state index contributed by atoms with van der Waals surface area (Å²) in [6.45, 7) is 4.03. The van der Waals surface area contributed by atoms with Gasteiger partial charge in [-0.3, -0.25) is 4.79 Å². The van der Waals surface area contributed by atoms with Crippen LogP contribution < -0.4 is 10.6 Å². The van der Waals surface area contributed by atoms with Gasteiger partial charge >= 0.3 is 0 Å². The van der Waals surface area contributed by atoms with Crippen molar-refractivity contribution in [1.29, 1.82) is 0 Å². The number of aliphatic hydroxyl groups is 1. The van der Waals surface area contributed by atoms with Gasteiger partial charge in [0.25, 0.3) is 0 Å². The molecule has 1 amide bonds. The highest BCUT2D eigenvalue weighted by molar-refractivity contribution is 5.79. The molecule has 4 heteroatoms. The van der Waals surface area contributed by atoms with Gasteiger partial charge in [-0.25, -0.2) is 0 Å². The maximum atomic E-state index is 12.1. The van der Waals surface area contributed by atoms with Crippen LogP contribution in [0.5, 0.6) is 0 Å². The first-order valence-corrected chi connectivity index (χ1v) is 7.34.